The minimum absolute atomic E-state index is 0.174. The molecule has 0 aromatic rings. The molecule has 0 aliphatic carbocycles. The second-order valence-electron chi connectivity index (χ2n) is 4.41. The molecule has 1 aliphatic rings. The van der Waals surface area contributed by atoms with Crippen LogP contribution in [0.25, 0.3) is 0 Å². The van der Waals surface area contributed by atoms with Gasteiger partial charge in [0.1, 0.15) is 5.78 Å². The second kappa shape index (κ2) is 8.98. The first-order valence-corrected chi connectivity index (χ1v) is 6.53. The summed E-state index contributed by atoms with van der Waals surface area (Å²) < 4.78 is 0. The third-order valence-corrected chi connectivity index (χ3v) is 2.59. The number of dihydropyridines is 1. The van der Waals surface area contributed by atoms with Crippen molar-refractivity contribution in [3.05, 3.63) is 12.2 Å². The standard InChI is InChI=1S/C13H19N3O4/c1-10(17)6-3-2-4-8-15-13(19)20-16-12-11(18)7-5-9-14-12/h5,7,9,12,16H,2-4,6,8H2,1H3,(H,15,19). The molecule has 0 bridgehead atoms. The first kappa shape index (κ1) is 16.0. The van der Waals surface area contributed by atoms with E-state index < -0.39 is 12.3 Å². The molecule has 20 heavy (non-hydrogen) atoms. The van der Waals surface area contributed by atoms with Crippen molar-refractivity contribution in [3.8, 4) is 0 Å². The lowest BCUT2D eigenvalue weighted by molar-refractivity contribution is -0.119. The fraction of sp³-hybridized carbons (Fsp3) is 0.538. The van der Waals surface area contributed by atoms with Gasteiger partial charge < -0.3 is 14.9 Å². The van der Waals surface area contributed by atoms with E-state index in [9.17, 15) is 14.4 Å². The number of nitrogens with one attached hydrogen (secondary N) is 2. The molecule has 7 heteroatoms. The lowest BCUT2D eigenvalue weighted by Crippen LogP contribution is -2.40. The van der Waals surface area contributed by atoms with Crippen molar-refractivity contribution in [3.63, 3.8) is 0 Å². The van der Waals surface area contributed by atoms with Gasteiger partial charge in [-0.2, -0.15) is 0 Å². The highest BCUT2D eigenvalue weighted by Crippen LogP contribution is 1.99. The molecule has 1 aliphatic heterocycles. The molecule has 1 amide bonds. The highest BCUT2D eigenvalue weighted by molar-refractivity contribution is 6.00. The Morgan fingerprint density at radius 3 is 2.85 bits per heavy atom. The Bertz CT molecular complexity index is 418. The number of carbonyl (C=O) groups is 3. The summed E-state index contributed by atoms with van der Waals surface area (Å²) in [5.74, 6) is -0.0992. The smallest absolute Gasteiger partial charge is 0.351 e. The van der Waals surface area contributed by atoms with Crippen LogP contribution in [0.15, 0.2) is 17.1 Å². The molecule has 1 heterocycles. The topological polar surface area (TPSA) is 96.9 Å². The van der Waals surface area contributed by atoms with E-state index in [1.807, 2.05) is 0 Å². The van der Waals surface area contributed by atoms with Crippen LogP contribution < -0.4 is 10.8 Å². The molecule has 1 unspecified atom stereocenters. The summed E-state index contributed by atoms with van der Waals surface area (Å²) in [6, 6.07) is 0. The maximum atomic E-state index is 11.3. The number of amides is 1. The molecular formula is C13H19N3O4. The van der Waals surface area contributed by atoms with Crippen molar-refractivity contribution in [2.45, 2.75) is 38.8 Å². The number of hydroxylamine groups is 1. The molecule has 2 N–H and O–H groups in total. The fourth-order valence-corrected chi connectivity index (χ4v) is 1.54. The fourth-order valence-electron chi connectivity index (χ4n) is 1.54. The first-order valence-electron chi connectivity index (χ1n) is 6.53. The number of rotatable bonds is 8. The van der Waals surface area contributed by atoms with Crippen LogP contribution in [0.2, 0.25) is 0 Å². The Balaban J connectivity index is 2.03. The van der Waals surface area contributed by atoms with E-state index in [-0.39, 0.29) is 11.6 Å². The van der Waals surface area contributed by atoms with E-state index in [2.05, 4.69) is 20.6 Å². The second-order valence-corrected chi connectivity index (χ2v) is 4.41. The van der Waals surface area contributed by atoms with Gasteiger partial charge >= 0.3 is 6.09 Å². The van der Waals surface area contributed by atoms with Gasteiger partial charge in [0.25, 0.3) is 0 Å². The van der Waals surface area contributed by atoms with Crippen molar-refractivity contribution < 1.29 is 19.2 Å². The van der Waals surface area contributed by atoms with Gasteiger partial charge in [-0.25, -0.2) is 4.79 Å². The van der Waals surface area contributed by atoms with Crippen LogP contribution in [0.1, 0.15) is 32.6 Å². The van der Waals surface area contributed by atoms with Gasteiger partial charge in [-0.1, -0.05) is 6.42 Å². The van der Waals surface area contributed by atoms with E-state index in [1.165, 1.54) is 18.4 Å². The van der Waals surface area contributed by atoms with E-state index >= 15 is 0 Å². The minimum Gasteiger partial charge on any atom is -0.351 e. The van der Waals surface area contributed by atoms with E-state index in [4.69, 9.17) is 0 Å². The Kier molecular flexibility index (Phi) is 7.20. The van der Waals surface area contributed by atoms with Gasteiger partial charge in [-0.05, 0) is 31.9 Å². The Morgan fingerprint density at radius 1 is 1.35 bits per heavy atom. The van der Waals surface area contributed by atoms with Crippen molar-refractivity contribution in [2.75, 3.05) is 6.54 Å². The SMILES string of the molecule is CC(=O)CCCCCNC(=O)ONC1N=CC=CC1=O. The number of unbranched alkanes of at least 4 members (excludes halogenated alkanes) is 2. The van der Waals surface area contributed by atoms with Crippen LogP contribution in [0.3, 0.4) is 0 Å². The van der Waals surface area contributed by atoms with E-state index in [1.54, 1.807) is 6.92 Å². The van der Waals surface area contributed by atoms with Crippen LogP contribution in [0, 0.1) is 0 Å². The van der Waals surface area contributed by atoms with E-state index in [0.717, 1.165) is 19.3 Å². The van der Waals surface area contributed by atoms with E-state index in [0.29, 0.717) is 13.0 Å². The summed E-state index contributed by atoms with van der Waals surface area (Å²) in [5.41, 5.74) is 2.28. The number of nitrogens with zero attached hydrogens (tertiary/aromatic N) is 1. The van der Waals surface area contributed by atoms with Gasteiger partial charge in [0.2, 0.25) is 0 Å². The van der Waals surface area contributed by atoms with Gasteiger partial charge in [-0.15, -0.1) is 5.48 Å². The van der Waals surface area contributed by atoms with Crippen molar-refractivity contribution in [1.29, 1.82) is 0 Å². The van der Waals surface area contributed by atoms with Gasteiger partial charge in [-0.3, -0.25) is 9.79 Å². The number of carbonyl (C=O) groups excluding carboxylic acids is 3. The van der Waals surface area contributed by atoms with Crippen LogP contribution in [0.5, 0.6) is 0 Å². The van der Waals surface area contributed by atoms with Gasteiger partial charge in [0, 0.05) is 19.2 Å². The van der Waals surface area contributed by atoms with Gasteiger partial charge in [0.15, 0.2) is 11.9 Å². The zero-order valence-corrected chi connectivity index (χ0v) is 11.4. The molecule has 0 aromatic heterocycles. The average molecular weight is 281 g/mol. The molecular weight excluding hydrogens is 262 g/mol. The van der Waals surface area contributed by atoms with Crippen LogP contribution in [0.4, 0.5) is 4.79 Å². The predicted molar refractivity (Wildman–Crippen MR) is 73.2 cm³/mol. The summed E-state index contributed by atoms with van der Waals surface area (Å²) in [4.78, 5) is 41.8. The Labute approximate surface area is 117 Å². The lowest BCUT2D eigenvalue weighted by Gasteiger charge is -2.13. The van der Waals surface area contributed by atoms with Crippen molar-refractivity contribution >= 4 is 23.9 Å². The summed E-state index contributed by atoms with van der Waals surface area (Å²) in [5, 5.41) is 2.54. The maximum absolute atomic E-state index is 11.3. The maximum Gasteiger partial charge on any atom is 0.426 e. The first-order chi connectivity index (χ1) is 9.59. The zero-order chi connectivity index (χ0) is 14.8. The van der Waals surface area contributed by atoms with Gasteiger partial charge in [0.05, 0.1) is 0 Å². The summed E-state index contributed by atoms with van der Waals surface area (Å²) in [7, 11) is 0. The minimum atomic E-state index is -0.874. The van der Waals surface area contributed by atoms with Crippen LogP contribution in [-0.2, 0) is 14.4 Å². The Morgan fingerprint density at radius 2 is 2.15 bits per heavy atom. The zero-order valence-electron chi connectivity index (χ0n) is 11.4. The molecule has 0 spiro atoms. The summed E-state index contributed by atoms with van der Waals surface area (Å²) in [6.45, 7) is 2.02. The molecule has 0 saturated carbocycles. The number of ketones is 2. The molecule has 0 saturated heterocycles. The molecule has 1 rings (SSSR count). The molecule has 110 valence electrons. The third-order valence-electron chi connectivity index (χ3n) is 2.59. The van der Waals surface area contributed by atoms with Crippen LogP contribution >= 0.6 is 0 Å². The monoisotopic (exact) mass is 281 g/mol. The largest absolute Gasteiger partial charge is 0.426 e. The molecule has 0 radical (unpaired) electrons. The predicted octanol–water partition coefficient (Wildman–Crippen LogP) is 0.902. The van der Waals surface area contributed by atoms with Crippen molar-refractivity contribution in [1.82, 2.24) is 10.8 Å². The average Bonchev–Trinajstić information content (AvgIpc) is 2.41. The Hall–Kier alpha value is -2.02. The number of hydrogen-bond acceptors (Lipinski definition) is 6. The normalized spacial score (nSPS) is 17.1. The highest BCUT2D eigenvalue weighted by atomic mass is 16.7. The summed E-state index contributed by atoms with van der Waals surface area (Å²) in [6.07, 6.45) is 5.81. The molecule has 1 atom stereocenters. The number of allylic oxidation sites excluding steroid dienone is 1. The summed E-state index contributed by atoms with van der Waals surface area (Å²) >= 11 is 0. The van der Waals surface area contributed by atoms with Crippen molar-refractivity contribution in [2.24, 2.45) is 4.99 Å². The lowest BCUT2D eigenvalue weighted by atomic mass is 10.1. The molecule has 0 fully saturated rings. The number of aliphatic imine (C=N–C) groups is 1. The quantitative estimate of drug-likeness (QED) is 0.509. The molecule has 0 aromatic carbocycles. The number of Topliss-reactive ketones (excluding diaryl/α,β-unsaturated/α-hetero) is 1. The number of hydrogen-bond donors (Lipinski definition) is 2. The van der Waals surface area contributed by atoms with Crippen LogP contribution in [-0.4, -0.2) is 36.6 Å². The third kappa shape index (κ3) is 6.79. The highest BCUT2D eigenvalue weighted by Gasteiger charge is 2.17. The molecule has 7 nitrogen and oxygen atoms in total.